The highest BCUT2D eigenvalue weighted by Crippen LogP contribution is 2.46. The van der Waals surface area contributed by atoms with Crippen LogP contribution in [0.25, 0.3) is 22.3 Å². The van der Waals surface area contributed by atoms with Crippen LogP contribution in [0.15, 0.2) is 47.3 Å². The number of aliphatic hydroxyl groups is 1. The van der Waals surface area contributed by atoms with Crippen LogP contribution in [-0.4, -0.2) is 83.0 Å². The molecule has 0 spiro atoms. The second kappa shape index (κ2) is 18.3. The Morgan fingerprint density at radius 1 is 1.00 bits per heavy atom. The Kier molecular flexibility index (Phi) is 12.9. The number of pyridine rings is 2. The van der Waals surface area contributed by atoms with E-state index in [1.54, 1.807) is 24.5 Å². The number of aryl methyl sites for hydroxylation is 2. The molecule has 0 bridgehead atoms. The second-order valence-corrected chi connectivity index (χ2v) is 15.8. The number of nitrogens with zero attached hydrogens (tertiary/aromatic N) is 2. The minimum Gasteiger partial charge on any atom is -0.458 e. The molecule has 7 rings (SSSR count). The number of unbranched alkanes of at least 4 members (excludes halogenated alkanes) is 1. The number of carbonyl (C=O) groups is 5. The number of nitrogens with two attached hydrogens (primary N) is 1. The standard InChI is InChI=1S/C44H51FN8O8/c1-3-44(60)29-17-34-40-27(22-53(34)42(58)28(29)23-61-43(44)59)39-31(14-12-26-24(2)30(45)18-33(52-40)38(26)39)47-15-7-8-16-48-36(55)20-50-41(57)32(13-11-25-9-5-4-6-10-25)51-37(56)21-49-35(54)19-46/h4-6,9-10,17-18,31-32,47,60H,3,7-8,11-16,19-23,46H2,1-2H3,(H,48,55)(H,49,54)(H,50,57)(H,51,56)/t31-,32-,44-/m0/s1. The summed E-state index contributed by atoms with van der Waals surface area (Å²) in [5.41, 5.74) is 9.03. The summed E-state index contributed by atoms with van der Waals surface area (Å²) in [7, 11) is 0. The van der Waals surface area contributed by atoms with Crippen molar-refractivity contribution in [3.05, 3.63) is 97.6 Å². The maximum Gasteiger partial charge on any atom is 0.343 e. The summed E-state index contributed by atoms with van der Waals surface area (Å²) < 4.78 is 22.1. The van der Waals surface area contributed by atoms with Crippen LogP contribution in [0.3, 0.4) is 0 Å². The predicted octanol–water partition coefficient (Wildman–Crippen LogP) is 1.31. The Balaban J connectivity index is 0.969. The molecule has 4 heterocycles. The largest absolute Gasteiger partial charge is 0.458 e. The number of amides is 4. The average molecular weight is 839 g/mol. The van der Waals surface area contributed by atoms with E-state index in [9.17, 15) is 33.9 Å². The molecule has 0 unspecified atom stereocenters. The van der Waals surface area contributed by atoms with Crippen molar-refractivity contribution in [2.24, 2.45) is 5.73 Å². The fourth-order valence-electron chi connectivity index (χ4n) is 8.59. The summed E-state index contributed by atoms with van der Waals surface area (Å²) in [5, 5.41) is 26.3. The van der Waals surface area contributed by atoms with Gasteiger partial charge in [-0.25, -0.2) is 14.2 Å². The molecule has 2 aliphatic heterocycles. The summed E-state index contributed by atoms with van der Waals surface area (Å²) in [6.45, 7) is 3.42. The zero-order chi connectivity index (χ0) is 43.4. The molecule has 1 aliphatic carbocycles. The fourth-order valence-corrected chi connectivity index (χ4v) is 8.59. The predicted molar refractivity (Wildman–Crippen MR) is 222 cm³/mol. The van der Waals surface area contributed by atoms with Crippen molar-refractivity contribution in [1.82, 2.24) is 36.1 Å². The molecule has 0 radical (unpaired) electrons. The van der Waals surface area contributed by atoms with E-state index in [1.165, 1.54) is 6.07 Å². The second-order valence-electron chi connectivity index (χ2n) is 15.8. The molecule has 3 aliphatic rings. The molecule has 17 heteroatoms. The van der Waals surface area contributed by atoms with E-state index in [4.69, 9.17) is 15.5 Å². The van der Waals surface area contributed by atoms with Gasteiger partial charge in [-0.1, -0.05) is 37.3 Å². The molecule has 0 saturated heterocycles. The molecule has 4 aromatic rings. The number of rotatable bonds is 17. The van der Waals surface area contributed by atoms with Gasteiger partial charge in [0.15, 0.2) is 5.60 Å². The molecular formula is C44H51FN8O8. The number of carbonyl (C=O) groups excluding carboxylic acids is 5. The van der Waals surface area contributed by atoms with Crippen molar-refractivity contribution < 1.29 is 38.2 Å². The molecular weight excluding hydrogens is 788 g/mol. The van der Waals surface area contributed by atoms with Crippen molar-refractivity contribution in [2.75, 3.05) is 32.7 Å². The minimum absolute atomic E-state index is 0.0161. The summed E-state index contributed by atoms with van der Waals surface area (Å²) in [5.74, 6) is -3.16. The summed E-state index contributed by atoms with van der Waals surface area (Å²) in [4.78, 5) is 81.4. The van der Waals surface area contributed by atoms with Crippen LogP contribution < -0.4 is 37.9 Å². The number of fused-ring (bicyclic) bond motifs is 5. The summed E-state index contributed by atoms with van der Waals surface area (Å²) in [6, 6.07) is 11.4. The molecule has 8 N–H and O–H groups in total. The molecule has 16 nitrogen and oxygen atoms in total. The molecule has 61 heavy (non-hydrogen) atoms. The quantitative estimate of drug-likeness (QED) is 0.0521. The molecule has 0 saturated carbocycles. The first kappa shape index (κ1) is 43.1. The first-order valence-electron chi connectivity index (χ1n) is 20.7. The summed E-state index contributed by atoms with van der Waals surface area (Å²) >= 11 is 0. The van der Waals surface area contributed by atoms with Crippen LogP contribution in [0.1, 0.15) is 84.0 Å². The van der Waals surface area contributed by atoms with Gasteiger partial charge in [0.25, 0.3) is 5.56 Å². The van der Waals surface area contributed by atoms with Crippen molar-refractivity contribution in [2.45, 2.75) is 89.6 Å². The maximum atomic E-state index is 15.3. The van der Waals surface area contributed by atoms with E-state index in [0.717, 1.165) is 27.6 Å². The Hall–Kier alpha value is -6.04. The van der Waals surface area contributed by atoms with E-state index < -0.39 is 41.2 Å². The van der Waals surface area contributed by atoms with E-state index in [2.05, 4.69) is 26.6 Å². The average Bonchev–Trinajstić information content (AvgIpc) is 3.64. The lowest BCUT2D eigenvalue weighted by molar-refractivity contribution is -0.172. The molecule has 322 valence electrons. The number of nitrogens with one attached hydrogen (secondary N) is 5. The lowest BCUT2D eigenvalue weighted by Gasteiger charge is -2.31. The summed E-state index contributed by atoms with van der Waals surface area (Å²) in [6.07, 6.45) is 3.40. The third kappa shape index (κ3) is 8.76. The van der Waals surface area contributed by atoms with Gasteiger partial charge in [-0.15, -0.1) is 0 Å². The molecule has 0 fully saturated rings. The van der Waals surface area contributed by atoms with Crippen LogP contribution in [0.4, 0.5) is 4.39 Å². The number of hydrogen-bond acceptors (Lipinski definition) is 11. The van der Waals surface area contributed by atoms with Gasteiger partial charge in [-0.05, 0) is 86.7 Å². The topological polar surface area (TPSA) is 236 Å². The Bertz CT molecular complexity index is 2460. The molecule has 2 aromatic carbocycles. The highest BCUT2D eigenvalue weighted by molar-refractivity contribution is 5.94. The maximum absolute atomic E-state index is 15.3. The smallest absolute Gasteiger partial charge is 0.343 e. The van der Waals surface area contributed by atoms with E-state index >= 15 is 4.39 Å². The SMILES string of the molecule is CC[C@@]1(O)C(=O)OCc2c1cc1n(c2=O)Cc2c-1nc1cc(F)c(C)c3c1c2[C@@H](NCCCCNC(=O)CNC(=O)[C@H](CCc1ccccc1)NC(=O)CNC(=O)CN)CC3. The van der Waals surface area contributed by atoms with Gasteiger partial charge < -0.3 is 46.7 Å². The van der Waals surface area contributed by atoms with E-state index in [0.29, 0.717) is 67.7 Å². The lowest BCUT2D eigenvalue weighted by Crippen LogP contribution is -2.51. The van der Waals surface area contributed by atoms with E-state index in [-0.39, 0.29) is 74.2 Å². The number of hydrogen-bond donors (Lipinski definition) is 7. The van der Waals surface area contributed by atoms with Gasteiger partial charge in [0.2, 0.25) is 23.6 Å². The third-order valence-electron chi connectivity index (χ3n) is 12.0. The molecule has 3 atom stereocenters. The minimum atomic E-state index is -1.97. The number of benzene rings is 2. The van der Waals surface area contributed by atoms with Gasteiger partial charge in [0.1, 0.15) is 18.5 Å². The number of esters is 1. The Morgan fingerprint density at radius 3 is 2.51 bits per heavy atom. The highest BCUT2D eigenvalue weighted by Gasteiger charge is 2.46. The number of cyclic esters (lactones) is 1. The number of halogens is 1. The normalized spacial score (nSPS) is 17.7. The van der Waals surface area contributed by atoms with Gasteiger partial charge in [0.05, 0.1) is 48.6 Å². The first-order chi connectivity index (χ1) is 29.3. The Labute approximate surface area is 351 Å². The van der Waals surface area contributed by atoms with Gasteiger partial charge in [-0.2, -0.15) is 0 Å². The van der Waals surface area contributed by atoms with Crippen molar-refractivity contribution >= 4 is 40.5 Å². The molecule has 4 amide bonds. The molecule has 2 aromatic heterocycles. The van der Waals surface area contributed by atoms with Crippen LogP contribution >= 0.6 is 0 Å². The first-order valence-corrected chi connectivity index (χ1v) is 20.7. The lowest BCUT2D eigenvalue weighted by atomic mass is 9.81. The number of aromatic nitrogens is 2. The van der Waals surface area contributed by atoms with Gasteiger partial charge in [0, 0.05) is 35.2 Å². The third-order valence-corrected chi connectivity index (χ3v) is 12.0. The van der Waals surface area contributed by atoms with E-state index in [1.807, 2.05) is 30.3 Å². The van der Waals surface area contributed by atoms with Gasteiger partial charge in [-0.3, -0.25) is 24.0 Å². The van der Waals surface area contributed by atoms with Crippen LogP contribution in [0.5, 0.6) is 0 Å². The fraction of sp³-hybridized carbons (Fsp3) is 0.432. The van der Waals surface area contributed by atoms with Crippen molar-refractivity contribution in [3.8, 4) is 11.4 Å². The zero-order valence-electron chi connectivity index (χ0n) is 34.3. The monoisotopic (exact) mass is 838 g/mol. The zero-order valence-corrected chi connectivity index (χ0v) is 34.3. The van der Waals surface area contributed by atoms with Crippen molar-refractivity contribution in [1.29, 1.82) is 0 Å². The van der Waals surface area contributed by atoms with Gasteiger partial charge >= 0.3 is 5.97 Å². The highest BCUT2D eigenvalue weighted by atomic mass is 19.1. The van der Waals surface area contributed by atoms with Crippen LogP contribution in [-0.2, 0) is 60.3 Å². The van der Waals surface area contributed by atoms with Crippen LogP contribution in [0, 0.1) is 12.7 Å². The van der Waals surface area contributed by atoms with Crippen LogP contribution in [0.2, 0.25) is 0 Å². The number of ether oxygens (including phenoxy) is 1. The Morgan fingerprint density at radius 2 is 1.75 bits per heavy atom. The van der Waals surface area contributed by atoms with Crippen molar-refractivity contribution in [3.63, 3.8) is 0 Å².